The number of nitrogens with one attached hydrogen (secondary N) is 2. The van der Waals surface area contributed by atoms with Gasteiger partial charge in [0.15, 0.2) is 5.13 Å². The molecule has 1 aliphatic heterocycles. The Hall–Kier alpha value is -3.24. The van der Waals surface area contributed by atoms with Crippen molar-refractivity contribution >= 4 is 43.4 Å². The monoisotopic (exact) mass is 495 g/mol. The van der Waals surface area contributed by atoms with Gasteiger partial charge in [0.25, 0.3) is 10.0 Å². The van der Waals surface area contributed by atoms with Crippen LogP contribution in [0, 0.1) is 6.92 Å². The third-order valence-electron chi connectivity index (χ3n) is 6.05. The number of hydrogen-bond acceptors (Lipinski definition) is 6. The van der Waals surface area contributed by atoms with Crippen molar-refractivity contribution in [2.24, 2.45) is 0 Å². The molecule has 34 heavy (non-hydrogen) atoms. The number of likely N-dealkylation sites (tertiary alicyclic amines) is 1. The fourth-order valence-corrected chi connectivity index (χ4v) is 6.20. The summed E-state index contributed by atoms with van der Waals surface area (Å²) in [6.45, 7) is 3.39. The van der Waals surface area contributed by atoms with E-state index in [1.54, 1.807) is 23.6 Å². The molecule has 2 aromatic heterocycles. The topological polar surface area (TPSA) is 108 Å². The molecule has 3 heterocycles. The van der Waals surface area contributed by atoms with Gasteiger partial charge in [0.1, 0.15) is 5.82 Å². The fourth-order valence-electron chi connectivity index (χ4n) is 4.21. The van der Waals surface area contributed by atoms with Gasteiger partial charge in [0, 0.05) is 24.4 Å². The van der Waals surface area contributed by atoms with Crippen LogP contribution in [-0.2, 0) is 21.2 Å². The number of sulfonamides is 1. The second-order valence-electron chi connectivity index (χ2n) is 8.54. The number of aromatic amines is 1. The van der Waals surface area contributed by atoms with Crippen molar-refractivity contribution < 1.29 is 13.2 Å². The van der Waals surface area contributed by atoms with Gasteiger partial charge in [-0.3, -0.25) is 9.52 Å². The molecule has 0 atom stereocenters. The maximum absolute atomic E-state index is 12.8. The van der Waals surface area contributed by atoms with Gasteiger partial charge >= 0.3 is 0 Å². The van der Waals surface area contributed by atoms with Crippen molar-refractivity contribution in [1.82, 2.24) is 19.9 Å². The van der Waals surface area contributed by atoms with Crippen molar-refractivity contribution in [1.29, 1.82) is 0 Å². The number of hydrogen-bond donors (Lipinski definition) is 2. The number of amides is 1. The number of carbonyl (C=O) groups is 1. The minimum atomic E-state index is -3.70. The molecule has 4 aromatic rings. The Bertz CT molecular complexity index is 1420. The highest BCUT2D eigenvalue weighted by atomic mass is 32.2. The lowest BCUT2D eigenvalue weighted by Gasteiger charge is -2.31. The van der Waals surface area contributed by atoms with Gasteiger partial charge in [0.05, 0.1) is 28.0 Å². The Morgan fingerprint density at radius 1 is 1.15 bits per heavy atom. The van der Waals surface area contributed by atoms with E-state index in [-0.39, 0.29) is 22.4 Å². The number of anilines is 1. The van der Waals surface area contributed by atoms with E-state index in [1.165, 1.54) is 29.0 Å². The summed E-state index contributed by atoms with van der Waals surface area (Å²) in [5.74, 6) is 1.29. The number of imidazole rings is 1. The molecule has 1 saturated heterocycles. The second kappa shape index (κ2) is 9.19. The van der Waals surface area contributed by atoms with Gasteiger partial charge in [0.2, 0.25) is 5.91 Å². The molecule has 1 fully saturated rings. The fraction of sp³-hybridized carbons (Fsp3) is 0.292. The summed E-state index contributed by atoms with van der Waals surface area (Å²) in [6.07, 6.45) is 1.85. The Balaban J connectivity index is 1.17. The first-order valence-electron chi connectivity index (χ1n) is 11.1. The first kappa shape index (κ1) is 22.5. The van der Waals surface area contributed by atoms with Gasteiger partial charge < -0.3 is 9.88 Å². The van der Waals surface area contributed by atoms with Gasteiger partial charge in [-0.05, 0) is 49.6 Å². The van der Waals surface area contributed by atoms with Crippen LogP contribution >= 0.6 is 11.3 Å². The number of carbonyl (C=O) groups excluding carboxylic acids is 1. The van der Waals surface area contributed by atoms with Crippen molar-refractivity contribution in [3.8, 4) is 0 Å². The summed E-state index contributed by atoms with van der Waals surface area (Å²) >= 11 is 1.18. The zero-order chi connectivity index (χ0) is 23.7. The summed E-state index contributed by atoms with van der Waals surface area (Å²) in [5.41, 5.74) is 3.79. The van der Waals surface area contributed by atoms with E-state index in [0.29, 0.717) is 24.7 Å². The Morgan fingerprint density at radius 2 is 1.91 bits per heavy atom. The Morgan fingerprint density at radius 3 is 2.68 bits per heavy atom. The molecule has 8 nitrogen and oxygen atoms in total. The lowest BCUT2D eigenvalue weighted by molar-refractivity contribution is -0.131. The molecule has 0 bridgehead atoms. The largest absolute Gasteiger partial charge is 0.342 e. The molecule has 1 aliphatic rings. The minimum Gasteiger partial charge on any atom is -0.342 e. The summed E-state index contributed by atoms with van der Waals surface area (Å²) in [6, 6.07) is 14.3. The van der Waals surface area contributed by atoms with Gasteiger partial charge in [-0.15, -0.1) is 11.3 Å². The molecule has 0 radical (unpaired) electrons. The Kier molecular flexibility index (Phi) is 6.09. The molecule has 0 aliphatic carbocycles. The summed E-state index contributed by atoms with van der Waals surface area (Å²) < 4.78 is 27.4. The van der Waals surface area contributed by atoms with Crippen LogP contribution in [-0.4, -0.2) is 47.3 Å². The summed E-state index contributed by atoms with van der Waals surface area (Å²) in [7, 11) is -3.70. The molecule has 5 rings (SSSR count). The first-order valence-corrected chi connectivity index (χ1v) is 13.5. The van der Waals surface area contributed by atoms with E-state index in [1.807, 2.05) is 11.0 Å². The van der Waals surface area contributed by atoms with Crippen molar-refractivity contribution in [2.75, 3.05) is 17.8 Å². The number of fused-ring (bicyclic) bond motifs is 1. The van der Waals surface area contributed by atoms with Crippen LogP contribution in [0.3, 0.4) is 0 Å². The molecule has 176 valence electrons. The van der Waals surface area contributed by atoms with Gasteiger partial charge in [-0.2, -0.15) is 0 Å². The third kappa shape index (κ3) is 4.83. The number of H-pyrrole nitrogens is 1. The van der Waals surface area contributed by atoms with E-state index < -0.39 is 10.0 Å². The molecular weight excluding hydrogens is 470 g/mol. The average Bonchev–Trinajstić information content (AvgIpc) is 3.45. The lowest BCUT2D eigenvalue weighted by Crippen LogP contribution is -2.39. The summed E-state index contributed by atoms with van der Waals surface area (Å²) in [4.78, 5) is 27.4. The van der Waals surface area contributed by atoms with Crippen molar-refractivity contribution in [2.45, 2.75) is 37.0 Å². The summed E-state index contributed by atoms with van der Waals surface area (Å²) in [5, 5.41) is 1.98. The average molecular weight is 496 g/mol. The molecule has 2 N–H and O–H groups in total. The first-order chi connectivity index (χ1) is 16.4. The third-order valence-corrected chi connectivity index (χ3v) is 8.34. The SMILES string of the molecule is Cc1ccc2nc(C3CCN(C(=O)Cc4csc(NS(=O)(=O)c5ccccc5)n4)CC3)[nH]c2c1. The molecule has 0 spiro atoms. The highest BCUT2D eigenvalue weighted by molar-refractivity contribution is 7.93. The maximum atomic E-state index is 12.8. The van der Waals surface area contributed by atoms with E-state index in [4.69, 9.17) is 4.98 Å². The van der Waals surface area contributed by atoms with E-state index in [2.05, 4.69) is 33.7 Å². The molecular formula is C24H25N5O3S2. The van der Waals surface area contributed by atoms with Crippen LogP contribution in [0.5, 0.6) is 0 Å². The van der Waals surface area contributed by atoms with Crippen LogP contribution in [0.15, 0.2) is 58.8 Å². The number of aromatic nitrogens is 3. The maximum Gasteiger partial charge on any atom is 0.263 e. The predicted molar refractivity (Wildman–Crippen MR) is 132 cm³/mol. The van der Waals surface area contributed by atoms with Crippen LogP contribution < -0.4 is 4.72 Å². The smallest absolute Gasteiger partial charge is 0.263 e. The van der Waals surface area contributed by atoms with Gasteiger partial charge in [-0.1, -0.05) is 24.3 Å². The molecule has 1 amide bonds. The highest BCUT2D eigenvalue weighted by Crippen LogP contribution is 2.28. The van der Waals surface area contributed by atoms with Crippen molar-refractivity contribution in [3.63, 3.8) is 0 Å². The lowest BCUT2D eigenvalue weighted by atomic mass is 9.96. The number of benzene rings is 2. The number of thiazole rings is 1. The normalized spacial score (nSPS) is 15.0. The van der Waals surface area contributed by atoms with Gasteiger partial charge in [-0.25, -0.2) is 18.4 Å². The standard InChI is InChI=1S/C24H25N5O3S2/c1-16-7-8-20-21(13-16)27-23(26-20)17-9-11-29(12-10-17)22(30)14-18-15-33-24(25-18)28-34(31,32)19-5-3-2-4-6-19/h2-8,13,15,17H,9-12,14H2,1H3,(H,25,28)(H,26,27). The van der Waals surface area contributed by atoms with Crippen LogP contribution in [0.25, 0.3) is 11.0 Å². The molecule has 0 saturated carbocycles. The van der Waals surface area contributed by atoms with Crippen LogP contribution in [0.4, 0.5) is 5.13 Å². The number of rotatable bonds is 6. The number of aryl methyl sites for hydroxylation is 1. The Labute approximate surface area is 202 Å². The van der Waals surface area contributed by atoms with Crippen LogP contribution in [0.1, 0.15) is 35.8 Å². The second-order valence-corrected chi connectivity index (χ2v) is 11.1. The highest BCUT2D eigenvalue weighted by Gasteiger charge is 2.26. The van der Waals surface area contributed by atoms with Crippen LogP contribution in [0.2, 0.25) is 0 Å². The molecule has 2 aromatic carbocycles. The zero-order valence-corrected chi connectivity index (χ0v) is 20.3. The van der Waals surface area contributed by atoms with E-state index >= 15 is 0 Å². The number of nitrogens with zero attached hydrogens (tertiary/aromatic N) is 3. The van der Waals surface area contributed by atoms with E-state index in [0.717, 1.165) is 29.7 Å². The van der Waals surface area contributed by atoms with Crippen molar-refractivity contribution in [3.05, 3.63) is 71.0 Å². The quantitative estimate of drug-likeness (QED) is 0.419. The number of piperidine rings is 1. The zero-order valence-electron chi connectivity index (χ0n) is 18.7. The molecule has 0 unspecified atom stereocenters. The van der Waals surface area contributed by atoms with E-state index in [9.17, 15) is 13.2 Å². The molecule has 10 heteroatoms. The minimum absolute atomic E-state index is 0.00134. The predicted octanol–water partition coefficient (Wildman–Crippen LogP) is 4.08.